The minimum Gasteiger partial charge on any atom is -0.465 e. The number of hydrogen-bond acceptors (Lipinski definition) is 7. The molecular weight excluding hydrogens is 491 g/mol. The van der Waals surface area contributed by atoms with Crippen LogP contribution in [0.25, 0.3) is 0 Å². The van der Waals surface area contributed by atoms with Gasteiger partial charge in [0.1, 0.15) is 23.6 Å². The third-order valence-corrected chi connectivity index (χ3v) is 4.42. The summed E-state index contributed by atoms with van der Waals surface area (Å²) in [7, 11) is 1.34. The Labute approximate surface area is 189 Å². The molecule has 0 saturated carbocycles. The van der Waals surface area contributed by atoms with Crippen molar-refractivity contribution in [1.29, 1.82) is 0 Å². The van der Waals surface area contributed by atoms with Crippen molar-refractivity contribution >= 4 is 35.9 Å². The van der Waals surface area contributed by atoms with Crippen LogP contribution in [0.2, 0.25) is 0 Å². The molecule has 0 aromatic carbocycles. The summed E-state index contributed by atoms with van der Waals surface area (Å²) in [5.41, 5.74) is -0.508. The number of hydrogen-bond donors (Lipinski definition) is 3. The average Bonchev–Trinajstić information content (AvgIpc) is 3.04. The maximum absolute atomic E-state index is 11.7. The molecule has 2 rings (SSSR count). The molecule has 1 saturated heterocycles. The number of nitrogens with one attached hydrogen (secondary N) is 2. The van der Waals surface area contributed by atoms with Gasteiger partial charge in [0.25, 0.3) is 0 Å². The first-order valence-electron chi connectivity index (χ1n) is 9.57. The second-order valence-corrected chi connectivity index (χ2v) is 7.11. The van der Waals surface area contributed by atoms with Gasteiger partial charge >= 0.3 is 5.97 Å². The van der Waals surface area contributed by atoms with Gasteiger partial charge in [0.2, 0.25) is 0 Å². The number of halogens is 1. The number of β-amino-alcohol motifs (C(OH)–C–C–N with tert-alkyl or cyclic N) is 1. The summed E-state index contributed by atoms with van der Waals surface area (Å²) < 4.78 is 15.7. The molecule has 0 spiro atoms. The van der Waals surface area contributed by atoms with Gasteiger partial charge in [0.15, 0.2) is 5.96 Å². The van der Waals surface area contributed by atoms with Gasteiger partial charge in [-0.15, -0.1) is 24.0 Å². The van der Waals surface area contributed by atoms with Gasteiger partial charge in [-0.2, -0.15) is 0 Å². The summed E-state index contributed by atoms with van der Waals surface area (Å²) in [6, 6.07) is 1.64. The lowest BCUT2D eigenvalue weighted by atomic mass is 10.1. The number of morpholine rings is 1. The first kappa shape index (κ1) is 25.7. The van der Waals surface area contributed by atoms with E-state index in [0.29, 0.717) is 55.9 Å². The second kappa shape index (κ2) is 12.4. The molecule has 0 amide bonds. The molecule has 0 bridgehead atoms. The van der Waals surface area contributed by atoms with E-state index in [0.717, 1.165) is 13.1 Å². The quantitative estimate of drug-likeness (QED) is 0.201. The van der Waals surface area contributed by atoms with E-state index in [2.05, 4.69) is 20.5 Å². The van der Waals surface area contributed by atoms with Crippen LogP contribution < -0.4 is 10.6 Å². The van der Waals surface area contributed by atoms with E-state index >= 15 is 0 Å². The molecule has 10 heteroatoms. The lowest BCUT2D eigenvalue weighted by Gasteiger charge is -2.34. The van der Waals surface area contributed by atoms with Crippen molar-refractivity contribution in [2.45, 2.75) is 32.9 Å². The predicted octanol–water partition coefficient (Wildman–Crippen LogP) is 1.13. The van der Waals surface area contributed by atoms with E-state index in [1.165, 1.54) is 7.11 Å². The number of aliphatic imine (C=N–C) groups is 1. The number of aryl methyl sites for hydroxylation is 1. The highest BCUT2D eigenvalue weighted by Crippen LogP contribution is 2.16. The summed E-state index contributed by atoms with van der Waals surface area (Å²) in [5, 5.41) is 17.0. The first-order valence-corrected chi connectivity index (χ1v) is 9.57. The summed E-state index contributed by atoms with van der Waals surface area (Å²) in [4.78, 5) is 18.3. The minimum absolute atomic E-state index is 0. The maximum atomic E-state index is 11.7. The monoisotopic (exact) mass is 524 g/mol. The fourth-order valence-electron chi connectivity index (χ4n) is 3.00. The fourth-order valence-corrected chi connectivity index (χ4v) is 3.00. The zero-order chi connectivity index (χ0) is 20.6. The van der Waals surface area contributed by atoms with Crippen molar-refractivity contribution in [3.05, 3.63) is 23.2 Å². The van der Waals surface area contributed by atoms with Crippen LogP contribution in [-0.2, 0) is 16.0 Å². The Morgan fingerprint density at radius 2 is 2.07 bits per heavy atom. The Bertz CT molecular complexity index is 672. The van der Waals surface area contributed by atoms with Gasteiger partial charge in [-0.1, -0.05) is 0 Å². The normalized spacial score (nSPS) is 17.2. The van der Waals surface area contributed by atoms with Crippen molar-refractivity contribution in [2.75, 3.05) is 53.0 Å². The highest BCUT2D eigenvalue weighted by atomic mass is 127. The highest BCUT2D eigenvalue weighted by Gasteiger charge is 2.25. The van der Waals surface area contributed by atoms with Gasteiger partial charge < -0.3 is 29.6 Å². The number of guanidine groups is 1. The standard InChI is InChI=1S/C19H32N4O5.HI/c1-5-20-18(21-11-15-10-16(14(2)28-15)17(24)26-4)22-12-19(3,25)13-23-6-8-27-9-7-23;/h10,25H,5-9,11-13H2,1-4H3,(H2,20,21,22);1H. The Balaban J connectivity index is 0.00000420. The van der Waals surface area contributed by atoms with Crippen molar-refractivity contribution in [3.63, 3.8) is 0 Å². The minimum atomic E-state index is -0.910. The summed E-state index contributed by atoms with van der Waals surface area (Å²) >= 11 is 0. The zero-order valence-electron chi connectivity index (χ0n) is 17.6. The smallest absolute Gasteiger partial charge is 0.341 e. The Morgan fingerprint density at radius 3 is 2.69 bits per heavy atom. The molecular formula is C19H33IN4O5. The molecule has 3 N–H and O–H groups in total. The zero-order valence-corrected chi connectivity index (χ0v) is 19.9. The van der Waals surface area contributed by atoms with Crippen LogP contribution in [0.4, 0.5) is 0 Å². The third-order valence-electron chi connectivity index (χ3n) is 4.42. The maximum Gasteiger partial charge on any atom is 0.341 e. The van der Waals surface area contributed by atoms with Crippen molar-refractivity contribution in [2.24, 2.45) is 4.99 Å². The molecule has 1 aliphatic heterocycles. The number of rotatable bonds is 8. The molecule has 166 valence electrons. The van der Waals surface area contributed by atoms with Gasteiger partial charge in [0, 0.05) is 32.7 Å². The van der Waals surface area contributed by atoms with Crippen LogP contribution >= 0.6 is 24.0 Å². The van der Waals surface area contributed by atoms with Crippen LogP contribution in [0.15, 0.2) is 15.5 Å². The first-order chi connectivity index (χ1) is 13.3. The average molecular weight is 524 g/mol. The van der Waals surface area contributed by atoms with Crippen LogP contribution in [0, 0.1) is 6.92 Å². The number of nitrogens with zero attached hydrogens (tertiary/aromatic N) is 2. The Hall–Kier alpha value is -1.37. The summed E-state index contributed by atoms with van der Waals surface area (Å²) in [6.07, 6.45) is 0. The van der Waals surface area contributed by atoms with Gasteiger partial charge in [0.05, 0.1) is 25.9 Å². The number of esters is 1. The Morgan fingerprint density at radius 1 is 1.38 bits per heavy atom. The van der Waals surface area contributed by atoms with E-state index in [9.17, 15) is 9.90 Å². The van der Waals surface area contributed by atoms with E-state index in [4.69, 9.17) is 13.9 Å². The molecule has 1 unspecified atom stereocenters. The number of methoxy groups -OCH3 is 1. The molecule has 1 atom stereocenters. The molecule has 0 aliphatic carbocycles. The van der Waals surface area contributed by atoms with E-state index in [1.54, 1.807) is 19.9 Å². The van der Waals surface area contributed by atoms with Gasteiger partial charge in [-0.05, 0) is 26.8 Å². The van der Waals surface area contributed by atoms with Crippen LogP contribution in [0.1, 0.15) is 35.7 Å². The van der Waals surface area contributed by atoms with E-state index in [-0.39, 0.29) is 30.5 Å². The lowest BCUT2D eigenvalue weighted by molar-refractivity contribution is -0.0201. The number of furan rings is 1. The number of carbonyl (C=O) groups is 1. The van der Waals surface area contributed by atoms with Crippen LogP contribution in [-0.4, -0.2) is 80.6 Å². The van der Waals surface area contributed by atoms with Crippen molar-refractivity contribution < 1.29 is 23.8 Å². The molecule has 9 nitrogen and oxygen atoms in total. The molecule has 1 aromatic rings. The van der Waals surface area contributed by atoms with E-state index < -0.39 is 11.6 Å². The number of ether oxygens (including phenoxy) is 2. The lowest BCUT2D eigenvalue weighted by Crippen LogP contribution is -2.52. The predicted molar refractivity (Wildman–Crippen MR) is 121 cm³/mol. The highest BCUT2D eigenvalue weighted by molar-refractivity contribution is 14.0. The van der Waals surface area contributed by atoms with E-state index in [1.807, 2.05) is 6.92 Å². The number of aliphatic hydroxyl groups is 1. The second-order valence-electron chi connectivity index (χ2n) is 7.11. The van der Waals surface area contributed by atoms with Gasteiger partial charge in [-0.25, -0.2) is 9.79 Å². The molecule has 2 heterocycles. The molecule has 29 heavy (non-hydrogen) atoms. The molecule has 0 radical (unpaired) electrons. The fraction of sp³-hybridized carbons (Fsp3) is 0.684. The van der Waals surface area contributed by atoms with Crippen molar-refractivity contribution in [1.82, 2.24) is 15.5 Å². The molecule has 1 aromatic heterocycles. The topological polar surface area (TPSA) is 109 Å². The summed E-state index contributed by atoms with van der Waals surface area (Å²) in [5.74, 6) is 1.21. The van der Waals surface area contributed by atoms with Crippen LogP contribution in [0.5, 0.6) is 0 Å². The van der Waals surface area contributed by atoms with Gasteiger partial charge in [-0.3, -0.25) is 4.90 Å². The summed E-state index contributed by atoms with van der Waals surface area (Å²) in [6.45, 7) is 10.4. The molecule has 1 fully saturated rings. The third kappa shape index (κ3) is 8.49. The molecule has 1 aliphatic rings. The number of carbonyl (C=O) groups excluding carboxylic acids is 1. The van der Waals surface area contributed by atoms with Crippen LogP contribution in [0.3, 0.4) is 0 Å². The van der Waals surface area contributed by atoms with Crippen molar-refractivity contribution in [3.8, 4) is 0 Å². The largest absolute Gasteiger partial charge is 0.465 e. The Kier molecular flexibility index (Phi) is 10.9. The SMILES string of the molecule is CCNC(=NCc1cc(C(=O)OC)c(C)o1)NCC(C)(O)CN1CCOCC1.I.